The second kappa shape index (κ2) is 7.87. The van der Waals surface area contributed by atoms with Crippen molar-refractivity contribution in [2.24, 2.45) is 0 Å². The van der Waals surface area contributed by atoms with Gasteiger partial charge in [-0.15, -0.1) is 0 Å². The lowest BCUT2D eigenvalue weighted by Crippen LogP contribution is -2.30. The van der Waals surface area contributed by atoms with Gasteiger partial charge in [0.05, 0.1) is 18.1 Å². The number of rotatable bonds is 5. The van der Waals surface area contributed by atoms with E-state index in [1.807, 2.05) is 48.5 Å². The van der Waals surface area contributed by atoms with Crippen LogP contribution in [0.2, 0.25) is 0 Å². The molecule has 0 aliphatic carbocycles. The summed E-state index contributed by atoms with van der Waals surface area (Å²) in [4.78, 5) is 25.4. The lowest BCUT2D eigenvalue weighted by molar-refractivity contribution is 0.239. The number of carbonyl (C=O) groups is 1. The third-order valence-corrected chi connectivity index (χ3v) is 4.44. The maximum atomic E-state index is 12.8. The predicted octanol–water partition coefficient (Wildman–Crippen LogP) is 3.30. The molecule has 1 N–H and O–H groups in total. The van der Waals surface area contributed by atoms with Crippen LogP contribution in [0.3, 0.4) is 0 Å². The van der Waals surface area contributed by atoms with Crippen molar-refractivity contribution >= 4 is 17.1 Å². The van der Waals surface area contributed by atoms with Crippen LogP contribution in [0.25, 0.3) is 22.2 Å². The van der Waals surface area contributed by atoms with Gasteiger partial charge in [0, 0.05) is 24.5 Å². The molecule has 0 aliphatic heterocycles. The second-order valence-electron chi connectivity index (χ2n) is 6.23. The van der Waals surface area contributed by atoms with E-state index in [0.29, 0.717) is 17.6 Å². The standard InChI is InChI=1S/C21H19N5O2/c1-28-21-25-18-8-7-16(17-12-22-14-23-13-17)11-19(18)26(21)20(27)24-10-9-15-5-3-2-4-6-15/h2-8,11-14H,9-10H2,1H3,(H,24,27). The quantitative estimate of drug-likeness (QED) is 0.580. The first-order valence-electron chi connectivity index (χ1n) is 8.90. The minimum absolute atomic E-state index is 0.244. The van der Waals surface area contributed by atoms with E-state index in [1.165, 1.54) is 18.0 Å². The average molecular weight is 373 g/mol. The Morgan fingerprint density at radius 3 is 2.61 bits per heavy atom. The van der Waals surface area contributed by atoms with Crippen molar-refractivity contribution in [1.82, 2.24) is 24.8 Å². The van der Waals surface area contributed by atoms with E-state index < -0.39 is 0 Å². The Hall–Kier alpha value is -3.74. The Morgan fingerprint density at radius 2 is 1.86 bits per heavy atom. The molecule has 0 unspecified atom stereocenters. The van der Waals surface area contributed by atoms with Gasteiger partial charge in [0.1, 0.15) is 6.33 Å². The van der Waals surface area contributed by atoms with Gasteiger partial charge in [0.15, 0.2) is 0 Å². The minimum Gasteiger partial charge on any atom is -0.468 e. The van der Waals surface area contributed by atoms with Crippen molar-refractivity contribution in [1.29, 1.82) is 0 Å². The van der Waals surface area contributed by atoms with Gasteiger partial charge in [0.2, 0.25) is 0 Å². The van der Waals surface area contributed by atoms with Crippen LogP contribution in [0, 0.1) is 0 Å². The van der Waals surface area contributed by atoms with E-state index in [2.05, 4.69) is 20.3 Å². The number of aromatic nitrogens is 4. The summed E-state index contributed by atoms with van der Waals surface area (Å²) in [6.45, 7) is 0.512. The molecule has 28 heavy (non-hydrogen) atoms. The van der Waals surface area contributed by atoms with Crippen LogP contribution in [0.15, 0.2) is 67.3 Å². The molecule has 0 saturated carbocycles. The minimum atomic E-state index is -0.281. The van der Waals surface area contributed by atoms with E-state index in [0.717, 1.165) is 23.1 Å². The van der Waals surface area contributed by atoms with Crippen LogP contribution in [0.4, 0.5) is 4.79 Å². The molecule has 7 heteroatoms. The molecule has 2 aromatic carbocycles. The number of ether oxygens (including phenoxy) is 1. The van der Waals surface area contributed by atoms with Crippen LogP contribution in [-0.2, 0) is 6.42 Å². The summed E-state index contributed by atoms with van der Waals surface area (Å²) in [5.74, 6) is 0. The van der Waals surface area contributed by atoms with E-state index in [-0.39, 0.29) is 12.0 Å². The molecule has 7 nitrogen and oxygen atoms in total. The normalized spacial score (nSPS) is 10.8. The Kier molecular flexibility index (Phi) is 4.97. The highest BCUT2D eigenvalue weighted by molar-refractivity contribution is 5.93. The monoisotopic (exact) mass is 373 g/mol. The SMILES string of the molecule is COc1nc2ccc(-c3cncnc3)cc2n1C(=O)NCCc1ccccc1. The Bertz CT molecular complexity index is 1090. The first-order chi connectivity index (χ1) is 13.8. The molecular weight excluding hydrogens is 354 g/mol. The van der Waals surface area contributed by atoms with E-state index in [1.54, 1.807) is 12.4 Å². The Labute approximate surface area is 162 Å². The largest absolute Gasteiger partial charge is 0.468 e. The van der Waals surface area contributed by atoms with Crippen LogP contribution < -0.4 is 10.1 Å². The zero-order chi connectivity index (χ0) is 19.3. The lowest BCUT2D eigenvalue weighted by Gasteiger charge is -2.09. The Morgan fingerprint density at radius 1 is 1.07 bits per heavy atom. The first-order valence-corrected chi connectivity index (χ1v) is 8.90. The molecule has 0 radical (unpaired) electrons. The molecule has 2 heterocycles. The van der Waals surface area contributed by atoms with Crippen molar-refractivity contribution in [3.63, 3.8) is 0 Å². The molecule has 0 atom stereocenters. The van der Waals surface area contributed by atoms with E-state index >= 15 is 0 Å². The van der Waals surface area contributed by atoms with Crippen molar-refractivity contribution in [2.45, 2.75) is 6.42 Å². The number of benzene rings is 2. The van der Waals surface area contributed by atoms with Gasteiger partial charge in [-0.25, -0.2) is 19.3 Å². The van der Waals surface area contributed by atoms with Gasteiger partial charge < -0.3 is 10.1 Å². The van der Waals surface area contributed by atoms with Gasteiger partial charge in [-0.3, -0.25) is 0 Å². The summed E-state index contributed by atoms with van der Waals surface area (Å²) < 4.78 is 6.78. The second-order valence-corrected chi connectivity index (χ2v) is 6.23. The summed E-state index contributed by atoms with van der Waals surface area (Å²) in [5, 5.41) is 2.94. The average Bonchev–Trinajstić information content (AvgIpc) is 3.13. The molecule has 0 saturated heterocycles. The number of nitrogens with zero attached hydrogens (tertiary/aromatic N) is 4. The van der Waals surface area contributed by atoms with Gasteiger partial charge in [0.25, 0.3) is 0 Å². The van der Waals surface area contributed by atoms with Crippen molar-refractivity contribution in [2.75, 3.05) is 13.7 Å². The predicted molar refractivity (Wildman–Crippen MR) is 106 cm³/mol. The first kappa shape index (κ1) is 17.7. The molecule has 0 aliphatic rings. The van der Waals surface area contributed by atoms with Gasteiger partial charge in [-0.05, 0) is 29.7 Å². The summed E-state index contributed by atoms with van der Waals surface area (Å²) in [5.41, 5.74) is 4.26. The van der Waals surface area contributed by atoms with E-state index in [4.69, 9.17) is 4.74 Å². The summed E-state index contributed by atoms with van der Waals surface area (Å²) in [7, 11) is 1.50. The van der Waals surface area contributed by atoms with Crippen LogP contribution in [0.5, 0.6) is 6.01 Å². The number of methoxy groups -OCH3 is 1. The molecule has 4 rings (SSSR count). The van der Waals surface area contributed by atoms with Gasteiger partial charge in [-0.2, -0.15) is 4.98 Å². The molecule has 0 bridgehead atoms. The number of amides is 1. The molecular formula is C21H19N5O2. The topological polar surface area (TPSA) is 81.9 Å². The highest BCUT2D eigenvalue weighted by Gasteiger charge is 2.18. The molecule has 4 aromatic rings. The third-order valence-electron chi connectivity index (χ3n) is 4.44. The van der Waals surface area contributed by atoms with Crippen LogP contribution in [0.1, 0.15) is 5.56 Å². The highest BCUT2D eigenvalue weighted by atomic mass is 16.5. The van der Waals surface area contributed by atoms with Gasteiger partial charge >= 0.3 is 12.0 Å². The smallest absolute Gasteiger partial charge is 0.330 e. The fourth-order valence-electron chi connectivity index (χ4n) is 3.05. The van der Waals surface area contributed by atoms with E-state index in [9.17, 15) is 4.79 Å². The van der Waals surface area contributed by atoms with Crippen LogP contribution >= 0.6 is 0 Å². The number of carbonyl (C=O) groups excluding carboxylic acids is 1. The Balaban J connectivity index is 1.61. The molecule has 0 fully saturated rings. The zero-order valence-corrected chi connectivity index (χ0v) is 15.4. The molecule has 2 aromatic heterocycles. The number of hydrogen-bond acceptors (Lipinski definition) is 5. The zero-order valence-electron chi connectivity index (χ0n) is 15.4. The van der Waals surface area contributed by atoms with Crippen molar-refractivity contribution in [3.05, 3.63) is 72.8 Å². The molecule has 1 amide bonds. The lowest BCUT2D eigenvalue weighted by atomic mass is 10.1. The third kappa shape index (κ3) is 3.55. The highest BCUT2D eigenvalue weighted by Crippen LogP contribution is 2.26. The van der Waals surface area contributed by atoms with Crippen LogP contribution in [-0.4, -0.2) is 39.2 Å². The summed E-state index contributed by atoms with van der Waals surface area (Å²) in [6.07, 6.45) is 5.68. The fourth-order valence-corrected chi connectivity index (χ4v) is 3.05. The fraction of sp³-hybridized carbons (Fsp3) is 0.143. The summed E-state index contributed by atoms with van der Waals surface area (Å²) >= 11 is 0. The number of fused-ring (bicyclic) bond motifs is 1. The maximum Gasteiger partial charge on any atom is 0.330 e. The maximum absolute atomic E-state index is 12.8. The molecule has 0 spiro atoms. The number of hydrogen-bond donors (Lipinski definition) is 1. The van der Waals surface area contributed by atoms with Gasteiger partial charge in [-0.1, -0.05) is 36.4 Å². The summed E-state index contributed by atoms with van der Waals surface area (Å²) in [6, 6.07) is 15.6. The van der Waals surface area contributed by atoms with Crippen molar-refractivity contribution < 1.29 is 9.53 Å². The number of imidazole rings is 1. The van der Waals surface area contributed by atoms with Crippen molar-refractivity contribution in [3.8, 4) is 17.1 Å². The number of nitrogens with one attached hydrogen (secondary N) is 1. The molecule has 140 valence electrons.